The SMILES string of the molecule is CC(C)[C@H](N)c1nc(-c2ccc3c(c2)OCO3)no1. The fourth-order valence-corrected chi connectivity index (χ4v) is 1.81. The molecule has 0 fully saturated rings. The molecular formula is C13H15N3O3. The molecule has 0 unspecified atom stereocenters. The Bertz CT molecular complexity index is 595. The van der Waals surface area contributed by atoms with Gasteiger partial charge in [0.05, 0.1) is 6.04 Å². The Hall–Kier alpha value is -2.08. The van der Waals surface area contributed by atoms with Gasteiger partial charge in [0.1, 0.15) is 0 Å². The van der Waals surface area contributed by atoms with Gasteiger partial charge in [-0.15, -0.1) is 0 Å². The lowest BCUT2D eigenvalue weighted by atomic mass is 10.1. The van der Waals surface area contributed by atoms with Crippen LogP contribution in [0.5, 0.6) is 11.5 Å². The van der Waals surface area contributed by atoms with Crippen LogP contribution in [0.4, 0.5) is 0 Å². The van der Waals surface area contributed by atoms with E-state index < -0.39 is 0 Å². The molecule has 0 amide bonds. The number of nitrogens with two attached hydrogens (primary N) is 1. The zero-order valence-electron chi connectivity index (χ0n) is 10.8. The molecule has 6 nitrogen and oxygen atoms in total. The Labute approximate surface area is 110 Å². The molecule has 2 N–H and O–H groups in total. The second-order valence-electron chi connectivity index (χ2n) is 4.79. The summed E-state index contributed by atoms with van der Waals surface area (Å²) in [6, 6.07) is 5.27. The predicted molar refractivity (Wildman–Crippen MR) is 67.6 cm³/mol. The summed E-state index contributed by atoms with van der Waals surface area (Å²) in [5, 5.41) is 3.95. The van der Waals surface area contributed by atoms with E-state index in [4.69, 9.17) is 19.7 Å². The summed E-state index contributed by atoms with van der Waals surface area (Å²) in [7, 11) is 0. The molecule has 1 aliphatic heterocycles. The Morgan fingerprint density at radius 1 is 1.21 bits per heavy atom. The summed E-state index contributed by atoms with van der Waals surface area (Å²) in [5.41, 5.74) is 6.79. The summed E-state index contributed by atoms with van der Waals surface area (Å²) in [6.45, 7) is 4.26. The number of fused-ring (bicyclic) bond motifs is 1. The monoisotopic (exact) mass is 261 g/mol. The van der Waals surface area contributed by atoms with Gasteiger partial charge < -0.3 is 19.7 Å². The van der Waals surface area contributed by atoms with Crippen LogP contribution in [0.2, 0.25) is 0 Å². The van der Waals surface area contributed by atoms with Crippen molar-refractivity contribution in [1.82, 2.24) is 10.1 Å². The molecule has 0 saturated heterocycles. The molecule has 0 aliphatic carbocycles. The molecule has 1 aromatic carbocycles. The first kappa shape index (κ1) is 12.0. The highest BCUT2D eigenvalue weighted by atomic mass is 16.7. The van der Waals surface area contributed by atoms with Crippen molar-refractivity contribution in [3.8, 4) is 22.9 Å². The number of nitrogens with zero attached hydrogens (tertiary/aromatic N) is 2. The summed E-state index contributed by atoms with van der Waals surface area (Å²) < 4.78 is 15.8. The van der Waals surface area contributed by atoms with Crippen LogP contribution in [0.25, 0.3) is 11.4 Å². The van der Waals surface area contributed by atoms with Crippen molar-refractivity contribution in [2.24, 2.45) is 11.7 Å². The zero-order valence-corrected chi connectivity index (χ0v) is 10.8. The lowest BCUT2D eigenvalue weighted by Gasteiger charge is -2.09. The highest BCUT2D eigenvalue weighted by Crippen LogP contribution is 2.35. The minimum Gasteiger partial charge on any atom is -0.454 e. The Balaban J connectivity index is 1.90. The highest BCUT2D eigenvalue weighted by molar-refractivity contribution is 5.61. The number of ether oxygens (including phenoxy) is 2. The number of benzene rings is 1. The van der Waals surface area contributed by atoms with Gasteiger partial charge in [-0.05, 0) is 24.1 Å². The van der Waals surface area contributed by atoms with E-state index in [1.807, 2.05) is 32.0 Å². The predicted octanol–water partition coefficient (Wildman–Crippen LogP) is 2.12. The first-order valence-corrected chi connectivity index (χ1v) is 6.14. The third-order valence-electron chi connectivity index (χ3n) is 3.08. The average Bonchev–Trinajstić information content (AvgIpc) is 3.05. The van der Waals surface area contributed by atoms with Crippen molar-refractivity contribution < 1.29 is 14.0 Å². The van der Waals surface area contributed by atoms with E-state index in [-0.39, 0.29) is 18.8 Å². The van der Waals surface area contributed by atoms with Crippen LogP contribution in [0, 0.1) is 5.92 Å². The van der Waals surface area contributed by atoms with E-state index in [1.54, 1.807) is 0 Å². The fraction of sp³-hybridized carbons (Fsp3) is 0.385. The molecule has 2 heterocycles. The third kappa shape index (κ3) is 2.15. The molecule has 2 aromatic rings. The first-order valence-electron chi connectivity index (χ1n) is 6.14. The lowest BCUT2D eigenvalue weighted by Crippen LogP contribution is -2.16. The van der Waals surface area contributed by atoms with Gasteiger partial charge in [0, 0.05) is 5.56 Å². The second kappa shape index (κ2) is 4.55. The van der Waals surface area contributed by atoms with Gasteiger partial charge in [0.2, 0.25) is 18.5 Å². The van der Waals surface area contributed by atoms with E-state index >= 15 is 0 Å². The van der Waals surface area contributed by atoms with Gasteiger partial charge in [0.25, 0.3) is 0 Å². The largest absolute Gasteiger partial charge is 0.454 e. The Morgan fingerprint density at radius 3 is 2.79 bits per heavy atom. The molecule has 19 heavy (non-hydrogen) atoms. The Morgan fingerprint density at radius 2 is 2.00 bits per heavy atom. The molecule has 0 radical (unpaired) electrons. The van der Waals surface area contributed by atoms with Crippen molar-refractivity contribution in [1.29, 1.82) is 0 Å². The minimum atomic E-state index is -0.254. The average molecular weight is 261 g/mol. The van der Waals surface area contributed by atoms with Gasteiger partial charge >= 0.3 is 0 Å². The number of hydrogen-bond acceptors (Lipinski definition) is 6. The standard InChI is InChI=1S/C13H15N3O3/c1-7(2)11(14)13-15-12(16-19-13)8-3-4-9-10(5-8)18-6-17-9/h3-5,7,11H,6,14H2,1-2H3/t11-/m0/s1. The van der Waals surface area contributed by atoms with Crippen molar-refractivity contribution in [2.75, 3.05) is 6.79 Å². The maximum atomic E-state index is 5.98. The number of rotatable bonds is 3. The summed E-state index contributed by atoms with van der Waals surface area (Å²) in [6.07, 6.45) is 0. The van der Waals surface area contributed by atoms with Crippen molar-refractivity contribution in [3.05, 3.63) is 24.1 Å². The van der Waals surface area contributed by atoms with Crippen molar-refractivity contribution in [3.63, 3.8) is 0 Å². The van der Waals surface area contributed by atoms with E-state index in [1.165, 1.54) is 0 Å². The number of aromatic nitrogens is 2. The van der Waals surface area contributed by atoms with Crippen LogP contribution < -0.4 is 15.2 Å². The van der Waals surface area contributed by atoms with Crippen molar-refractivity contribution >= 4 is 0 Å². The molecule has 0 saturated carbocycles. The number of hydrogen-bond donors (Lipinski definition) is 1. The van der Waals surface area contributed by atoms with Crippen LogP contribution in [0.15, 0.2) is 22.7 Å². The van der Waals surface area contributed by atoms with E-state index in [0.717, 1.165) is 11.3 Å². The normalized spacial score (nSPS) is 14.9. The lowest BCUT2D eigenvalue weighted by molar-refractivity contribution is 0.174. The zero-order chi connectivity index (χ0) is 13.4. The minimum absolute atomic E-state index is 0.241. The Kier molecular flexibility index (Phi) is 2.87. The second-order valence-corrected chi connectivity index (χ2v) is 4.79. The maximum Gasteiger partial charge on any atom is 0.244 e. The molecule has 6 heteroatoms. The van der Waals surface area contributed by atoms with Gasteiger partial charge in [-0.1, -0.05) is 19.0 Å². The summed E-state index contributed by atoms with van der Waals surface area (Å²) >= 11 is 0. The highest BCUT2D eigenvalue weighted by Gasteiger charge is 2.20. The molecular weight excluding hydrogens is 246 g/mol. The molecule has 1 aliphatic rings. The summed E-state index contributed by atoms with van der Waals surface area (Å²) in [5.74, 6) is 2.61. The molecule has 0 bridgehead atoms. The van der Waals surface area contributed by atoms with E-state index in [2.05, 4.69) is 10.1 Å². The quantitative estimate of drug-likeness (QED) is 0.911. The van der Waals surface area contributed by atoms with Crippen LogP contribution in [0.1, 0.15) is 25.8 Å². The maximum absolute atomic E-state index is 5.98. The van der Waals surface area contributed by atoms with E-state index in [0.29, 0.717) is 17.5 Å². The van der Waals surface area contributed by atoms with Crippen LogP contribution in [-0.4, -0.2) is 16.9 Å². The topological polar surface area (TPSA) is 83.4 Å². The molecule has 100 valence electrons. The van der Waals surface area contributed by atoms with Crippen LogP contribution in [-0.2, 0) is 0 Å². The molecule has 0 spiro atoms. The smallest absolute Gasteiger partial charge is 0.244 e. The van der Waals surface area contributed by atoms with Gasteiger partial charge in [0.15, 0.2) is 11.5 Å². The van der Waals surface area contributed by atoms with Crippen LogP contribution >= 0.6 is 0 Å². The third-order valence-corrected chi connectivity index (χ3v) is 3.08. The van der Waals surface area contributed by atoms with E-state index in [9.17, 15) is 0 Å². The molecule has 3 rings (SSSR count). The van der Waals surface area contributed by atoms with Gasteiger partial charge in [-0.2, -0.15) is 4.98 Å². The summed E-state index contributed by atoms with van der Waals surface area (Å²) in [4.78, 5) is 4.33. The molecule has 1 aromatic heterocycles. The van der Waals surface area contributed by atoms with Crippen molar-refractivity contribution in [2.45, 2.75) is 19.9 Å². The first-order chi connectivity index (χ1) is 9.15. The van der Waals surface area contributed by atoms with Crippen LogP contribution in [0.3, 0.4) is 0 Å². The molecule has 1 atom stereocenters. The van der Waals surface area contributed by atoms with Gasteiger partial charge in [-0.3, -0.25) is 0 Å². The van der Waals surface area contributed by atoms with Gasteiger partial charge in [-0.25, -0.2) is 0 Å². The fourth-order valence-electron chi connectivity index (χ4n) is 1.81.